The molecule has 0 atom stereocenters. The summed E-state index contributed by atoms with van der Waals surface area (Å²) < 4.78 is 82.2. The van der Waals surface area contributed by atoms with Crippen molar-refractivity contribution in [2.45, 2.75) is 17.7 Å². The van der Waals surface area contributed by atoms with Crippen LogP contribution in [0.25, 0.3) is 0 Å². The molecule has 254 valence electrons. The maximum absolute atomic E-state index is 13.6. The molecule has 0 N–H and O–H groups in total. The van der Waals surface area contributed by atoms with Crippen LogP contribution in [0.4, 0.5) is 5.69 Å². The molecule has 0 bridgehead atoms. The first-order chi connectivity index (χ1) is 23.2. The van der Waals surface area contributed by atoms with Gasteiger partial charge in [-0.3, -0.25) is 18.5 Å². The molecule has 0 aliphatic carbocycles. The van der Waals surface area contributed by atoms with E-state index in [1.165, 1.54) is 0 Å². The Balaban J connectivity index is 1.80. The number of nitrogens with zero attached hydrogens (tertiary/aromatic N) is 2. The third-order valence-electron chi connectivity index (χ3n) is 6.09. The SMILES string of the molecule is CS(=O)(=O)OCC#Cc1ccccc1C#CCCCN(CC#Cc1ccccc1C#CCOS(C)(=O)=O)S(=O)(=O)c1ccc([N+](=O)[O-])cc1. The van der Waals surface area contributed by atoms with Gasteiger partial charge in [0.25, 0.3) is 25.9 Å². The summed E-state index contributed by atoms with van der Waals surface area (Å²) in [5.41, 5.74) is 1.88. The summed E-state index contributed by atoms with van der Waals surface area (Å²) in [6.45, 7) is -0.844. The molecule has 15 heteroatoms. The number of hydrogen-bond donors (Lipinski definition) is 0. The van der Waals surface area contributed by atoms with Crippen LogP contribution in [0.3, 0.4) is 0 Å². The van der Waals surface area contributed by atoms with Crippen molar-refractivity contribution >= 4 is 35.9 Å². The molecule has 49 heavy (non-hydrogen) atoms. The van der Waals surface area contributed by atoms with Crippen molar-refractivity contribution in [2.24, 2.45) is 0 Å². The van der Waals surface area contributed by atoms with Crippen molar-refractivity contribution < 1.29 is 38.5 Å². The zero-order chi connectivity index (χ0) is 35.9. The van der Waals surface area contributed by atoms with Crippen LogP contribution in [0.2, 0.25) is 0 Å². The van der Waals surface area contributed by atoms with Crippen molar-refractivity contribution in [1.82, 2.24) is 4.31 Å². The number of non-ortho nitro benzene ring substituents is 1. The average Bonchev–Trinajstić information content (AvgIpc) is 3.04. The summed E-state index contributed by atoms with van der Waals surface area (Å²) in [5, 5.41) is 11.1. The maximum Gasteiger partial charge on any atom is 0.269 e. The van der Waals surface area contributed by atoms with Crippen molar-refractivity contribution in [2.75, 3.05) is 38.8 Å². The molecule has 0 fully saturated rings. The number of hydrogen-bond acceptors (Lipinski definition) is 10. The molecule has 0 amide bonds. The van der Waals surface area contributed by atoms with E-state index in [-0.39, 0.29) is 36.9 Å². The summed E-state index contributed by atoms with van der Waals surface area (Å²) >= 11 is 0. The molecule has 0 heterocycles. The summed E-state index contributed by atoms with van der Waals surface area (Å²) in [5.74, 6) is 22.7. The lowest BCUT2D eigenvalue weighted by atomic mass is 10.1. The molecule has 0 saturated heterocycles. The predicted octanol–water partition coefficient (Wildman–Crippen LogP) is 3.12. The minimum Gasteiger partial charge on any atom is -0.258 e. The summed E-state index contributed by atoms with van der Waals surface area (Å²) in [6.07, 6.45) is 2.46. The Hall–Kier alpha value is -4.97. The lowest BCUT2D eigenvalue weighted by molar-refractivity contribution is -0.384. The molecule has 0 spiro atoms. The molecule has 3 aromatic rings. The third kappa shape index (κ3) is 13.6. The van der Waals surface area contributed by atoms with Gasteiger partial charge in [-0.15, -0.1) is 0 Å². The van der Waals surface area contributed by atoms with Gasteiger partial charge in [0.15, 0.2) is 0 Å². The molecule has 3 rings (SSSR count). The van der Waals surface area contributed by atoms with E-state index in [4.69, 9.17) is 0 Å². The van der Waals surface area contributed by atoms with Crippen LogP contribution in [0.5, 0.6) is 0 Å². The summed E-state index contributed by atoms with van der Waals surface area (Å²) in [4.78, 5) is 10.3. The van der Waals surface area contributed by atoms with Gasteiger partial charge in [0.2, 0.25) is 10.0 Å². The monoisotopic (exact) mass is 722 g/mol. The van der Waals surface area contributed by atoms with Gasteiger partial charge in [-0.2, -0.15) is 21.1 Å². The van der Waals surface area contributed by atoms with E-state index < -0.39 is 35.2 Å². The Kier molecular flexibility index (Phi) is 14.1. The normalized spacial score (nSPS) is 11.1. The molecule has 0 radical (unpaired) electrons. The van der Waals surface area contributed by atoms with Gasteiger partial charge in [0.1, 0.15) is 13.2 Å². The van der Waals surface area contributed by atoms with E-state index in [1.54, 1.807) is 48.5 Å². The average molecular weight is 723 g/mol. The molecule has 0 aliphatic heterocycles. The Labute approximate surface area is 286 Å². The number of nitro groups is 1. The highest BCUT2D eigenvalue weighted by Crippen LogP contribution is 2.20. The zero-order valence-electron chi connectivity index (χ0n) is 26.4. The highest BCUT2D eigenvalue weighted by Gasteiger charge is 2.24. The summed E-state index contributed by atoms with van der Waals surface area (Å²) in [7, 11) is -11.4. The quantitative estimate of drug-likeness (QED) is 0.0944. The molecule has 12 nitrogen and oxygen atoms in total. The Bertz CT molecular complexity index is 2260. The largest absolute Gasteiger partial charge is 0.269 e. The zero-order valence-corrected chi connectivity index (χ0v) is 28.8. The Morgan fingerprint density at radius 1 is 0.653 bits per heavy atom. The molecular weight excluding hydrogens is 693 g/mol. The van der Waals surface area contributed by atoms with Crippen LogP contribution in [0.15, 0.2) is 77.7 Å². The highest BCUT2D eigenvalue weighted by atomic mass is 32.2. The number of benzene rings is 3. The van der Waals surface area contributed by atoms with Gasteiger partial charge in [-0.1, -0.05) is 71.6 Å². The van der Waals surface area contributed by atoms with Gasteiger partial charge in [-0.25, -0.2) is 8.42 Å². The first kappa shape index (κ1) is 38.5. The van der Waals surface area contributed by atoms with Crippen LogP contribution in [-0.4, -0.2) is 73.3 Å². The predicted molar refractivity (Wildman–Crippen MR) is 183 cm³/mol. The van der Waals surface area contributed by atoms with Gasteiger partial charge < -0.3 is 0 Å². The molecule has 0 unspecified atom stereocenters. The van der Waals surface area contributed by atoms with Gasteiger partial charge in [-0.05, 0) is 42.8 Å². The fourth-order valence-corrected chi connectivity index (χ4v) is 5.76. The second kappa shape index (κ2) is 18.0. The van der Waals surface area contributed by atoms with Crippen LogP contribution >= 0.6 is 0 Å². The number of nitro benzene ring substituents is 1. The summed E-state index contributed by atoms with van der Waals surface area (Å²) in [6, 6.07) is 18.3. The van der Waals surface area contributed by atoms with Gasteiger partial charge in [0, 0.05) is 47.4 Å². The van der Waals surface area contributed by atoms with Crippen LogP contribution in [-0.2, 0) is 38.6 Å². The lowest BCUT2D eigenvalue weighted by Crippen LogP contribution is -2.32. The minimum absolute atomic E-state index is 0.0250. The number of sulfonamides is 1. The van der Waals surface area contributed by atoms with Gasteiger partial charge in [0.05, 0.1) is 28.9 Å². The fourth-order valence-electron chi connectivity index (χ4n) is 3.84. The second-order valence-electron chi connectivity index (χ2n) is 9.92. The van der Waals surface area contributed by atoms with Crippen LogP contribution < -0.4 is 0 Å². The van der Waals surface area contributed by atoms with E-state index >= 15 is 0 Å². The Morgan fingerprint density at radius 3 is 1.51 bits per heavy atom. The molecule has 0 aromatic heterocycles. The molecule has 3 aromatic carbocycles. The Morgan fingerprint density at radius 2 is 1.08 bits per heavy atom. The minimum atomic E-state index is -4.12. The molecular formula is C34H30N2O10S3. The number of unbranched alkanes of at least 4 members (excludes halogenated alkanes) is 1. The first-order valence-corrected chi connectivity index (χ1v) is 19.3. The third-order valence-corrected chi connectivity index (χ3v) is 9.04. The lowest BCUT2D eigenvalue weighted by Gasteiger charge is -2.19. The maximum atomic E-state index is 13.6. The first-order valence-electron chi connectivity index (χ1n) is 14.2. The van der Waals surface area contributed by atoms with Gasteiger partial charge >= 0.3 is 0 Å². The molecule has 0 saturated carbocycles. The van der Waals surface area contributed by atoms with Crippen LogP contribution in [0, 0.1) is 57.5 Å². The smallest absolute Gasteiger partial charge is 0.258 e. The standard InChI is InChI=1S/C34H30N2O10S3/c1-47(39,40)45-27-11-19-31-16-7-5-14-29(31)13-4-3-9-25-35(49(43,44)34-23-21-33(22-24-34)36(37)38)26-10-18-30-15-6-8-17-32(30)20-12-28-46-48(2,41)42/h5-8,14-17,21-24H,3,9,25-28H2,1-2H3. The van der Waals surface area contributed by atoms with E-state index in [2.05, 4.69) is 55.7 Å². The highest BCUT2D eigenvalue weighted by molar-refractivity contribution is 7.89. The van der Waals surface area contributed by atoms with E-state index in [1.807, 2.05) is 0 Å². The van der Waals surface area contributed by atoms with Crippen molar-refractivity contribution in [1.29, 1.82) is 0 Å². The van der Waals surface area contributed by atoms with E-state index in [0.717, 1.165) is 41.1 Å². The van der Waals surface area contributed by atoms with Crippen molar-refractivity contribution in [3.63, 3.8) is 0 Å². The second-order valence-corrected chi connectivity index (χ2v) is 15.1. The fraction of sp³-hybridized carbons (Fsp3) is 0.235. The van der Waals surface area contributed by atoms with Crippen molar-refractivity contribution in [3.05, 3.63) is 105 Å². The van der Waals surface area contributed by atoms with E-state index in [9.17, 15) is 35.4 Å². The van der Waals surface area contributed by atoms with Crippen LogP contribution in [0.1, 0.15) is 35.1 Å². The number of rotatable bonds is 11. The topological polar surface area (TPSA) is 167 Å². The molecule has 0 aliphatic rings. The van der Waals surface area contributed by atoms with Crippen molar-refractivity contribution in [3.8, 4) is 47.4 Å². The van der Waals surface area contributed by atoms with E-state index in [0.29, 0.717) is 35.1 Å².